The summed E-state index contributed by atoms with van der Waals surface area (Å²) in [7, 11) is 1.63. The molecule has 0 radical (unpaired) electrons. The monoisotopic (exact) mass is 326 g/mol. The highest BCUT2D eigenvalue weighted by molar-refractivity contribution is 5.89. The van der Waals surface area contributed by atoms with Crippen LogP contribution in [0.15, 0.2) is 24.3 Å². The summed E-state index contributed by atoms with van der Waals surface area (Å²) >= 11 is 0. The van der Waals surface area contributed by atoms with Crippen molar-refractivity contribution < 1.29 is 22.8 Å². The Balaban J connectivity index is 1.65. The molecule has 1 aromatic rings. The summed E-state index contributed by atoms with van der Waals surface area (Å²) in [4.78, 5) is 25.1. The fourth-order valence-corrected chi connectivity index (χ4v) is 3.12. The van der Waals surface area contributed by atoms with Crippen LogP contribution in [-0.2, 0) is 15.8 Å². The normalized spacial score (nSPS) is 27.2. The minimum Gasteiger partial charge on any atom is -0.352 e. The minimum absolute atomic E-state index is 0.0834. The molecule has 0 bridgehead atoms. The molecule has 0 spiro atoms. The van der Waals surface area contributed by atoms with E-state index in [-0.39, 0.29) is 35.8 Å². The second kappa shape index (κ2) is 5.54. The molecule has 1 heterocycles. The van der Waals surface area contributed by atoms with E-state index in [0.29, 0.717) is 13.0 Å². The second-order valence-corrected chi connectivity index (χ2v) is 6.22. The Kier molecular flexibility index (Phi) is 3.82. The van der Waals surface area contributed by atoms with Gasteiger partial charge >= 0.3 is 6.18 Å². The van der Waals surface area contributed by atoms with Crippen molar-refractivity contribution in [3.05, 3.63) is 35.4 Å². The highest BCUT2D eigenvalue weighted by Gasteiger charge is 2.46. The molecule has 0 aromatic heterocycles. The Bertz CT molecular complexity index is 644. The van der Waals surface area contributed by atoms with E-state index in [1.807, 2.05) is 0 Å². The number of amides is 2. The number of carbonyl (C=O) groups is 2. The lowest BCUT2D eigenvalue weighted by Crippen LogP contribution is -2.34. The van der Waals surface area contributed by atoms with E-state index in [4.69, 9.17) is 0 Å². The van der Waals surface area contributed by atoms with E-state index in [1.54, 1.807) is 13.1 Å². The fourth-order valence-electron chi connectivity index (χ4n) is 3.12. The third-order valence-electron chi connectivity index (χ3n) is 4.50. The van der Waals surface area contributed by atoms with Crippen LogP contribution in [0.3, 0.4) is 0 Å². The van der Waals surface area contributed by atoms with Crippen LogP contribution in [0.25, 0.3) is 0 Å². The SMILES string of the molecule is CN1C[C@H](C(=O)N[C@H]2C[C@@H]2c2ccccc2C(F)(F)F)CC1=O. The zero-order valence-corrected chi connectivity index (χ0v) is 12.6. The van der Waals surface area contributed by atoms with Gasteiger partial charge in [0.25, 0.3) is 0 Å². The first kappa shape index (κ1) is 15.8. The van der Waals surface area contributed by atoms with E-state index < -0.39 is 17.7 Å². The predicted molar refractivity (Wildman–Crippen MR) is 76.5 cm³/mol. The van der Waals surface area contributed by atoms with Gasteiger partial charge in [-0.3, -0.25) is 9.59 Å². The molecule has 3 atom stereocenters. The van der Waals surface area contributed by atoms with Crippen molar-refractivity contribution in [1.29, 1.82) is 0 Å². The molecule has 1 aromatic carbocycles. The Morgan fingerprint density at radius 2 is 2.00 bits per heavy atom. The zero-order valence-electron chi connectivity index (χ0n) is 12.6. The molecular weight excluding hydrogens is 309 g/mol. The lowest BCUT2D eigenvalue weighted by atomic mass is 10.0. The van der Waals surface area contributed by atoms with Crippen LogP contribution < -0.4 is 5.32 Å². The van der Waals surface area contributed by atoms with Gasteiger partial charge < -0.3 is 10.2 Å². The number of hydrogen-bond donors (Lipinski definition) is 1. The molecule has 7 heteroatoms. The maximum absolute atomic E-state index is 13.0. The summed E-state index contributed by atoms with van der Waals surface area (Å²) in [5, 5.41) is 2.78. The average molecular weight is 326 g/mol. The van der Waals surface area contributed by atoms with Gasteiger partial charge in [-0.15, -0.1) is 0 Å². The van der Waals surface area contributed by atoms with Crippen LogP contribution in [0.5, 0.6) is 0 Å². The van der Waals surface area contributed by atoms with Crippen LogP contribution in [0.4, 0.5) is 13.2 Å². The van der Waals surface area contributed by atoms with Gasteiger partial charge in [0.2, 0.25) is 11.8 Å². The summed E-state index contributed by atoms with van der Waals surface area (Å²) in [6.45, 7) is 0.362. The number of halogens is 3. The van der Waals surface area contributed by atoms with Crippen LogP contribution in [0.1, 0.15) is 29.9 Å². The highest BCUT2D eigenvalue weighted by atomic mass is 19.4. The smallest absolute Gasteiger partial charge is 0.352 e. The molecule has 1 saturated carbocycles. The van der Waals surface area contributed by atoms with Gasteiger partial charge in [-0.25, -0.2) is 0 Å². The van der Waals surface area contributed by atoms with Crippen molar-refractivity contribution in [3.8, 4) is 0 Å². The van der Waals surface area contributed by atoms with Crippen molar-refractivity contribution in [2.75, 3.05) is 13.6 Å². The Hall–Kier alpha value is -2.05. The van der Waals surface area contributed by atoms with E-state index >= 15 is 0 Å². The lowest BCUT2D eigenvalue weighted by Gasteiger charge is -2.14. The van der Waals surface area contributed by atoms with Gasteiger partial charge in [-0.2, -0.15) is 13.2 Å². The number of benzene rings is 1. The number of hydrogen-bond acceptors (Lipinski definition) is 2. The number of nitrogens with one attached hydrogen (secondary N) is 1. The molecule has 23 heavy (non-hydrogen) atoms. The first-order valence-corrected chi connectivity index (χ1v) is 7.48. The third-order valence-corrected chi connectivity index (χ3v) is 4.50. The zero-order chi connectivity index (χ0) is 16.8. The molecule has 1 saturated heterocycles. The molecule has 1 aliphatic carbocycles. The molecule has 0 unspecified atom stereocenters. The molecule has 124 valence electrons. The van der Waals surface area contributed by atoms with Gasteiger partial charge in [0, 0.05) is 32.0 Å². The van der Waals surface area contributed by atoms with Gasteiger partial charge in [0.05, 0.1) is 11.5 Å². The molecule has 4 nitrogen and oxygen atoms in total. The van der Waals surface area contributed by atoms with E-state index in [1.165, 1.54) is 17.0 Å². The Morgan fingerprint density at radius 3 is 2.61 bits per heavy atom. The van der Waals surface area contributed by atoms with Crippen LogP contribution in [0.2, 0.25) is 0 Å². The fraction of sp³-hybridized carbons (Fsp3) is 0.500. The number of nitrogens with zero attached hydrogens (tertiary/aromatic N) is 1. The summed E-state index contributed by atoms with van der Waals surface area (Å²) in [5.41, 5.74) is -0.414. The average Bonchev–Trinajstić information content (AvgIpc) is 3.16. The minimum atomic E-state index is -4.39. The molecule has 2 fully saturated rings. The summed E-state index contributed by atoms with van der Waals surface area (Å²) < 4.78 is 39.1. The van der Waals surface area contributed by atoms with Crippen LogP contribution in [-0.4, -0.2) is 36.3 Å². The van der Waals surface area contributed by atoms with E-state index in [9.17, 15) is 22.8 Å². The van der Waals surface area contributed by atoms with Gasteiger partial charge in [-0.1, -0.05) is 18.2 Å². The van der Waals surface area contributed by atoms with Crippen molar-refractivity contribution in [1.82, 2.24) is 10.2 Å². The predicted octanol–water partition coefficient (Wildman–Crippen LogP) is 2.16. The Morgan fingerprint density at radius 1 is 1.30 bits per heavy atom. The molecular formula is C16H17F3N2O2. The first-order valence-electron chi connectivity index (χ1n) is 7.48. The second-order valence-electron chi connectivity index (χ2n) is 6.22. The number of likely N-dealkylation sites (tertiary alicyclic amines) is 1. The number of rotatable bonds is 3. The van der Waals surface area contributed by atoms with Gasteiger partial charge in [0.15, 0.2) is 0 Å². The van der Waals surface area contributed by atoms with Gasteiger partial charge in [-0.05, 0) is 18.1 Å². The molecule has 1 aliphatic heterocycles. The quantitative estimate of drug-likeness (QED) is 0.925. The summed E-state index contributed by atoms with van der Waals surface area (Å²) in [6.07, 6.45) is -3.73. The molecule has 1 N–H and O–H groups in total. The largest absolute Gasteiger partial charge is 0.416 e. The number of alkyl halides is 3. The first-order chi connectivity index (χ1) is 10.8. The van der Waals surface area contributed by atoms with Crippen molar-refractivity contribution >= 4 is 11.8 Å². The Labute approximate surface area is 131 Å². The van der Waals surface area contributed by atoms with Crippen molar-refractivity contribution in [2.24, 2.45) is 5.92 Å². The third kappa shape index (κ3) is 3.18. The van der Waals surface area contributed by atoms with Crippen molar-refractivity contribution in [2.45, 2.75) is 31.0 Å². The molecule has 2 aliphatic rings. The summed E-state index contributed by atoms with van der Waals surface area (Å²) in [5.74, 6) is -1.06. The standard InChI is InChI=1S/C16H17F3N2O2/c1-21-8-9(6-14(21)22)15(23)20-13-7-11(13)10-4-2-3-5-12(10)16(17,18)19/h2-5,9,11,13H,6-8H2,1H3,(H,20,23)/t9-,11-,13+/m1/s1. The maximum Gasteiger partial charge on any atom is 0.416 e. The lowest BCUT2D eigenvalue weighted by molar-refractivity contribution is -0.138. The van der Waals surface area contributed by atoms with Gasteiger partial charge in [0.1, 0.15) is 0 Å². The molecule has 3 rings (SSSR count). The summed E-state index contributed by atoms with van der Waals surface area (Å²) in [6, 6.07) is 5.19. The van der Waals surface area contributed by atoms with E-state index in [2.05, 4.69) is 5.32 Å². The van der Waals surface area contributed by atoms with E-state index in [0.717, 1.165) is 6.07 Å². The van der Waals surface area contributed by atoms with Crippen LogP contribution >= 0.6 is 0 Å². The highest BCUT2D eigenvalue weighted by Crippen LogP contribution is 2.46. The topological polar surface area (TPSA) is 49.4 Å². The molecule has 2 amide bonds. The van der Waals surface area contributed by atoms with Crippen molar-refractivity contribution in [3.63, 3.8) is 0 Å². The number of carbonyl (C=O) groups excluding carboxylic acids is 2. The van der Waals surface area contributed by atoms with Crippen LogP contribution in [0, 0.1) is 5.92 Å². The maximum atomic E-state index is 13.0.